The van der Waals surface area contributed by atoms with Crippen LogP contribution < -0.4 is 4.90 Å². The maximum atomic E-state index is 13.9. The highest BCUT2D eigenvalue weighted by atomic mass is 35.5. The predicted molar refractivity (Wildman–Crippen MR) is 151 cm³/mol. The number of hydrogen-bond acceptors (Lipinski definition) is 6. The lowest BCUT2D eigenvalue weighted by molar-refractivity contribution is -0.134. The Balaban J connectivity index is 0.00000336. The van der Waals surface area contributed by atoms with Gasteiger partial charge in [0.15, 0.2) is 5.78 Å². The number of aromatic carboxylic acids is 1. The summed E-state index contributed by atoms with van der Waals surface area (Å²) in [4.78, 5) is 45.0. The first-order chi connectivity index (χ1) is 18.0. The van der Waals surface area contributed by atoms with Crippen molar-refractivity contribution in [3.63, 3.8) is 0 Å². The van der Waals surface area contributed by atoms with Gasteiger partial charge in [0.25, 0.3) is 0 Å². The Bertz CT molecular complexity index is 1260. The molecule has 1 spiro atoms. The van der Waals surface area contributed by atoms with E-state index >= 15 is 0 Å². The van der Waals surface area contributed by atoms with Gasteiger partial charge >= 0.3 is 5.97 Å². The Hall–Kier alpha value is -3.20. The summed E-state index contributed by atoms with van der Waals surface area (Å²) >= 11 is 1.49. The molecule has 0 radical (unpaired) electrons. The summed E-state index contributed by atoms with van der Waals surface area (Å²) in [6.45, 7) is 3.28. The third kappa shape index (κ3) is 5.77. The van der Waals surface area contributed by atoms with Crippen LogP contribution in [0.2, 0.25) is 0 Å². The number of benzene rings is 2. The highest BCUT2D eigenvalue weighted by molar-refractivity contribution is 7.12. The van der Waals surface area contributed by atoms with Crippen LogP contribution in [0.25, 0.3) is 0 Å². The minimum absolute atomic E-state index is 0. The molecular weight excluding hydrogens is 522 g/mol. The third-order valence-electron chi connectivity index (χ3n) is 7.49. The van der Waals surface area contributed by atoms with Gasteiger partial charge in [-0.1, -0.05) is 36.4 Å². The SMILES string of the molecule is Cl.O=C(O)c1cccc(CN2CN(c3ccccc3)C3(CCN(CCCC(=O)c4cccs4)CC3)C2=O)c1. The Morgan fingerprint density at radius 2 is 1.74 bits per heavy atom. The molecule has 1 aromatic heterocycles. The summed E-state index contributed by atoms with van der Waals surface area (Å²) < 4.78 is 0. The number of carboxylic acids is 1. The van der Waals surface area contributed by atoms with E-state index in [1.807, 2.05) is 58.8 Å². The number of carboxylic acid groups (broad SMARTS) is 1. The topological polar surface area (TPSA) is 81.2 Å². The van der Waals surface area contributed by atoms with Crippen LogP contribution in [0.1, 0.15) is 51.3 Å². The Kier molecular flexibility index (Phi) is 8.87. The standard InChI is InChI=1S/C29H31N3O4S.ClH/c33-25(26-12-6-18-37-26)11-5-15-30-16-13-29(14-17-30)28(36)31(21-32(29)24-9-2-1-3-10-24)20-22-7-4-8-23(19-22)27(34)35;/h1-4,6-10,12,18-19H,5,11,13-17,20-21H2,(H,34,35);1H. The Morgan fingerprint density at radius 1 is 0.974 bits per heavy atom. The van der Waals surface area contributed by atoms with Gasteiger partial charge in [-0.15, -0.1) is 23.7 Å². The number of likely N-dealkylation sites (tertiary alicyclic amines) is 1. The van der Waals surface area contributed by atoms with Gasteiger partial charge in [-0.2, -0.15) is 0 Å². The van der Waals surface area contributed by atoms with Gasteiger partial charge < -0.3 is 19.8 Å². The lowest BCUT2D eigenvalue weighted by Gasteiger charge is -2.43. The second-order valence-electron chi connectivity index (χ2n) is 9.79. The van der Waals surface area contributed by atoms with Crippen molar-refractivity contribution in [3.8, 4) is 0 Å². The van der Waals surface area contributed by atoms with Crippen LogP contribution in [0.3, 0.4) is 0 Å². The van der Waals surface area contributed by atoms with Crippen LogP contribution >= 0.6 is 23.7 Å². The average molecular weight is 554 g/mol. The summed E-state index contributed by atoms with van der Waals surface area (Å²) in [6.07, 6.45) is 2.78. The van der Waals surface area contributed by atoms with Crippen molar-refractivity contribution in [1.29, 1.82) is 0 Å². The zero-order valence-electron chi connectivity index (χ0n) is 21.1. The molecule has 2 aromatic carbocycles. The van der Waals surface area contributed by atoms with Crippen LogP contribution in [0.15, 0.2) is 72.1 Å². The molecule has 0 unspecified atom stereocenters. The highest BCUT2D eigenvalue weighted by Gasteiger charge is 2.53. The number of Topliss-reactive ketones (excluding diaryl/α,β-unsaturated/α-hetero) is 1. The number of anilines is 1. The zero-order chi connectivity index (χ0) is 25.8. The molecule has 0 atom stereocenters. The van der Waals surface area contributed by atoms with E-state index in [0.717, 1.165) is 42.2 Å². The minimum Gasteiger partial charge on any atom is -0.478 e. The van der Waals surface area contributed by atoms with Crippen molar-refractivity contribution in [2.75, 3.05) is 31.2 Å². The monoisotopic (exact) mass is 553 g/mol. The van der Waals surface area contributed by atoms with E-state index in [9.17, 15) is 19.5 Å². The van der Waals surface area contributed by atoms with Gasteiger partial charge in [-0.3, -0.25) is 9.59 Å². The second kappa shape index (κ2) is 12.1. The molecule has 3 aromatic rings. The van der Waals surface area contributed by atoms with E-state index in [2.05, 4.69) is 9.80 Å². The summed E-state index contributed by atoms with van der Waals surface area (Å²) in [5.41, 5.74) is 1.44. The largest absolute Gasteiger partial charge is 0.478 e. The maximum Gasteiger partial charge on any atom is 0.335 e. The Morgan fingerprint density at radius 3 is 2.42 bits per heavy atom. The fourth-order valence-electron chi connectivity index (χ4n) is 5.52. The fraction of sp³-hybridized carbons (Fsp3) is 0.345. The first-order valence-corrected chi connectivity index (χ1v) is 13.6. The summed E-state index contributed by atoms with van der Waals surface area (Å²) in [5.74, 6) is -0.668. The number of carbonyl (C=O) groups excluding carboxylic acids is 2. The molecular formula is C29H32ClN3O4S. The fourth-order valence-corrected chi connectivity index (χ4v) is 6.21. The molecule has 1 N–H and O–H groups in total. The molecule has 200 valence electrons. The number of para-hydroxylation sites is 1. The highest BCUT2D eigenvalue weighted by Crippen LogP contribution is 2.40. The van der Waals surface area contributed by atoms with Crippen LogP contribution in [0.5, 0.6) is 0 Å². The van der Waals surface area contributed by atoms with E-state index in [-0.39, 0.29) is 29.7 Å². The summed E-state index contributed by atoms with van der Waals surface area (Å²) in [7, 11) is 0. The molecule has 2 aliphatic heterocycles. The molecule has 9 heteroatoms. The minimum atomic E-state index is -0.971. The second-order valence-corrected chi connectivity index (χ2v) is 10.7. The normalized spacial score (nSPS) is 17.0. The number of amides is 1. The molecule has 0 aliphatic carbocycles. The lowest BCUT2D eigenvalue weighted by atomic mass is 9.85. The predicted octanol–water partition coefficient (Wildman–Crippen LogP) is 5.17. The molecule has 2 saturated heterocycles. The van der Waals surface area contributed by atoms with Crippen molar-refractivity contribution in [3.05, 3.63) is 88.1 Å². The van der Waals surface area contributed by atoms with Gasteiger partial charge in [0.2, 0.25) is 5.91 Å². The van der Waals surface area contributed by atoms with Gasteiger partial charge in [-0.05, 0) is 67.1 Å². The number of hydrogen-bond donors (Lipinski definition) is 1. The summed E-state index contributed by atoms with van der Waals surface area (Å²) in [5, 5.41) is 11.3. The van der Waals surface area contributed by atoms with E-state index in [0.29, 0.717) is 32.5 Å². The average Bonchev–Trinajstić information content (AvgIpc) is 3.55. The molecule has 2 aliphatic rings. The molecule has 1 amide bonds. The van der Waals surface area contributed by atoms with Crippen molar-refractivity contribution in [2.24, 2.45) is 0 Å². The number of ketones is 1. The van der Waals surface area contributed by atoms with Crippen LogP contribution in [-0.2, 0) is 11.3 Å². The number of rotatable bonds is 9. The molecule has 7 nitrogen and oxygen atoms in total. The van der Waals surface area contributed by atoms with Gasteiger partial charge in [0, 0.05) is 31.7 Å². The molecule has 0 saturated carbocycles. The third-order valence-corrected chi connectivity index (χ3v) is 8.40. The Labute approximate surface area is 233 Å². The number of halogens is 1. The van der Waals surface area contributed by atoms with Crippen LogP contribution in [0, 0.1) is 0 Å². The van der Waals surface area contributed by atoms with Crippen LogP contribution in [0.4, 0.5) is 5.69 Å². The van der Waals surface area contributed by atoms with Gasteiger partial charge in [0.1, 0.15) is 5.54 Å². The molecule has 38 heavy (non-hydrogen) atoms. The quantitative estimate of drug-likeness (QED) is 0.368. The molecule has 2 fully saturated rings. The van der Waals surface area contributed by atoms with Crippen molar-refractivity contribution in [1.82, 2.24) is 9.80 Å². The molecule has 0 bridgehead atoms. The van der Waals surface area contributed by atoms with Gasteiger partial charge in [0.05, 0.1) is 17.1 Å². The number of carbonyl (C=O) groups is 3. The van der Waals surface area contributed by atoms with Crippen molar-refractivity contribution < 1.29 is 19.5 Å². The first-order valence-electron chi connectivity index (χ1n) is 12.7. The number of thiophene rings is 1. The molecule has 5 rings (SSSR count). The maximum absolute atomic E-state index is 13.9. The molecule has 3 heterocycles. The zero-order valence-corrected chi connectivity index (χ0v) is 22.8. The smallest absolute Gasteiger partial charge is 0.335 e. The van der Waals surface area contributed by atoms with E-state index < -0.39 is 11.5 Å². The first kappa shape index (κ1) is 27.8. The number of nitrogens with zero attached hydrogens (tertiary/aromatic N) is 3. The van der Waals surface area contributed by atoms with E-state index in [4.69, 9.17) is 0 Å². The van der Waals surface area contributed by atoms with Crippen molar-refractivity contribution >= 4 is 47.1 Å². The summed E-state index contributed by atoms with van der Waals surface area (Å²) in [6, 6.07) is 20.7. The lowest BCUT2D eigenvalue weighted by Crippen LogP contribution is -2.56. The van der Waals surface area contributed by atoms with Gasteiger partial charge in [-0.25, -0.2) is 4.79 Å². The van der Waals surface area contributed by atoms with E-state index in [1.165, 1.54) is 11.3 Å². The van der Waals surface area contributed by atoms with Crippen molar-refractivity contribution in [2.45, 2.75) is 37.8 Å². The van der Waals surface area contributed by atoms with Crippen LogP contribution in [-0.4, -0.2) is 64.4 Å². The number of piperidine rings is 1. The van der Waals surface area contributed by atoms with E-state index in [1.54, 1.807) is 18.2 Å².